The highest BCUT2D eigenvalue weighted by molar-refractivity contribution is 5.26. The number of alkyl halides is 1. The third kappa shape index (κ3) is 1.40. The van der Waals surface area contributed by atoms with E-state index in [9.17, 15) is 13.6 Å². The molecule has 1 aromatic carbocycles. The second kappa shape index (κ2) is 3.67. The largest absolute Gasteiger partial charge is 0.347 e. The van der Waals surface area contributed by atoms with E-state index in [0.717, 1.165) is 17.8 Å². The molecule has 2 heterocycles. The van der Waals surface area contributed by atoms with Crippen molar-refractivity contribution in [2.45, 2.75) is 49.4 Å². The molecule has 6 rings (SSSR count). The molecule has 1 aromatic heterocycles. The highest BCUT2D eigenvalue weighted by atomic mass is 19.1. The smallest absolute Gasteiger partial charge is 0.271 e. The van der Waals surface area contributed by atoms with Crippen LogP contribution in [0.5, 0.6) is 0 Å². The fraction of sp³-hybridized carbons (Fsp3) is 0.500. The second-order valence-corrected chi connectivity index (χ2v) is 7.00. The van der Waals surface area contributed by atoms with Crippen molar-refractivity contribution in [3.63, 3.8) is 0 Å². The van der Waals surface area contributed by atoms with Crippen molar-refractivity contribution in [1.82, 2.24) is 14.3 Å². The predicted molar refractivity (Wildman–Crippen MR) is 75.0 cm³/mol. The SMILES string of the molecule is O=c1n(C23CC(F)(C2)C3)nc2n1C(c1cccc(F)c1)CC2. The summed E-state index contributed by atoms with van der Waals surface area (Å²) in [5, 5.41) is 4.46. The number of rotatable bonds is 2. The van der Waals surface area contributed by atoms with Crippen LogP contribution < -0.4 is 5.69 Å². The van der Waals surface area contributed by atoms with E-state index in [1.807, 2.05) is 6.07 Å². The third-order valence-corrected chi connectivity index (χ3v) is 5.45. The Bertz CT molecular complexity index is 834. The van der Waals surface area contributed by atoms with E-state index < -0.39 is 11.2 Å². The van der Waals surface area contributed by atoms with Gasteiger partial charge in [0.05, 0.1) is 11.6 Å². The van der Waals surface area contributed by atoms with E-state index in [-0.39, 0.29) is 17.5 Å². The van der Waals surface area contributed by atoms with Crippen LogP contribution in [-0.4, -0.2) is 20.0 Å². The molecule has 0 N–H and O–H groups in total. The van der Waals surface area contributed by atoms with Gasteiger partial charge in [0.15, 0.2) is 0 Å². The molecule has 22 heavy (non-hydrogen) atoms. The lowest BCUT2D eigenvalue weighted by atomic mass is 9.47. The van der Waals surface area contributed by atoms with Gasteiger partial charge in [-0.05, 0) is 24.1 Å². The molecule has 2 bridgehead atoms. The zero-order chi connectivity index (χ0) is 15.1. The first kappa shape index (κ1) is 12.6. The molecule has 0 saturated heterocycles. The average molecular weight is 303 g/mol. The first-order valence-corrected chi connectivity index (χ1v) is 7.65. The molecule has 114 valence electrons. The number of aromatic nitrogens is 3. The summed E-state index contributed by atoms with van der Waals surface area (Å²) < 4.78 is 30.3. The molecular weight excluding hydrogens is 288 g/mol. The highest BCUT2D eigenvalue weighted by Gasteiger charge is 2.71. The van der Waals surface area contributed by atoms with E-state index >= 15 is 0 Å². The van der Waals surface area contributed by atoms with Crippen molar-refractivity contribution >= 4 is 0 Å². The van der Waals surface area contributed by atoms with Crippen molar-refractivity contribution in [2.75, 3.05) is 0 Å². The number of nitrogens with zero attached hydrogens (tertiary/aromatic N) is 3. The monoisotopic (exact) mass is 303 g/mol. The molecule has 1 aliphatic heterocycles. The van der Waals surface area contributed by atoms with Gasteiger partial charge < -0.3 is 0 Å². The molecule has 4 aliphatic rings. The van der Waals surface area contributed by atoms with Crippen molar-refractivity contribution < 1.29 is 8.78 Å². The summed E-state index contributed by atoms with van der Waals surface area (Å²) >= 11 is 0. The lowest BCUT2D eigenvalue weighted by molar-refractivity contribution is -0.205. The van der Waals surface area contributed by atoms with E-state index in [1.165, 1.54) is 16.8 Å². The average Bonchev–Trinajstić information content (AvgIpc) is 2.95. The number of hydrogen-bond acceptors (Lipinski definition) is 2. The Morgan fingerprint density at radius 2 is 2.05 bits per heavy atom. The number of fused-ring (bicyclic) bond motifs is 1. The van der Waals surface area contributed by atoms with Crippen LogP contribution in [0.4, 0.5) is 8.78 Å². The lowest BCUT2D eigenvalue weighted by Crippen LogP contribution is -2.72. The van der Waals surface area contributed by atoms with Crippen LogP contribution in [0.3, 0.4) is 0 Å². The number of halogens is 2. The maximum Gasteiger partial charge on any atom is 0.347 e. The zero-order valence-electron chi connectivity index (χ0n) is 11.9. The summed E-state index contributed by atoms with van der Waals surface area (Å²) in [7, 11) is 0. The molecular formula is C16H15F2N3O. The molecule has 0 amide bonds. The predicted octanol–water partition coefficient (Wildman–Crippen LogP) is 2.32. The second-order valence-electron chi connectivity index (χ2n) is 7.00. The van der Waals surface area contributed by atoms with Gasteiger partial charge in [0, 0.05) is 25.7 Å². The summed E-state index contributed by atoms with van der Waals surface area (Å²) in [5.74, 6) is 0.432. The molecule has 1 unspecified atom stereocenters. The van der Waals surface area contributed by atoms with Gasteiger partial charge in [-0.2, -0.15) is 5.10 Å². The number of hydrogen-bond donors (Lipinski definition) is 0. The Morgan fingerprint density at radius 3 is 2.73 bits per heavy atom. The minimum Gasteiger partial charge on any atom is -0.271 e. The fourth-order valence-electron chi connectivity index (χ4n) is 4.47. The first-order valence-electron chi connectivity index (χ1n) is 7.65. The Balaban J connectivity index is 1.58. The maximum atomic E-state index is 13.7. The molecule has 2 aromatic rings. The van der Waals surface area contributed by atoms with Gasteiger partial charge in [0.25, 0.3) is 0 Å². The third-order valence-electron chi connectivity index (χ3n) is 5.45. The highest BCUT2D eigenvalue weighted by Crippen LogP contribution is 2.66. The normalized spacial score (nSPS) is 34.9. The standard InChI is InChI=1S/C16H15F2N3O/c17-11-3-1-2-10(6-11)12-4-5-13-19-21(14(22)20(12)13)16-7-15(18,8-16)9-16/h1-3,6,12H,4-5,7-9H2. The van der Waals surface area contributed by atoms with Crippen molar-refractivity contribution in [2.24, 2.45) is 0 Å². The summed E-state index contributed by atoms with van der Waals surface area (Å²) in [6.45, 7) is 0. The lowest BCUT2D eigenvalue weighted by Gasteiger charge is -2.64. The Morgan fingerprint density at radius 1 is 1.27 bits per heavy atom. The minimum absolute atomic E-state index is 0.168. The van der Waals surface area contributed by atoms with Crippen LogP contribution in [0, 0.1) is 5.82 Å². The maximum absolute atomic E-state index is 13.7. The summed E-state index contributed by atoms with van der Waals surface area (Å²) in [5.41, 5.74) is -0.839. The van der Waals surface area contributed by atoms with E-state index in [4.69, 9.17) is 0 Å². The van der Waals surface area contributed by atoms with Gasteiger partial charge in [0.1, 0.15) is 17.3 Å². The molecule has 3 aliphatic carbocycles. The van der Waals surface area contributed by atoms with Crippen LogP contribution in [0.15, 0.2) is 29.1 Å². The molecule has 3 fully saturated rings. The molecule has 1 atom stereocenters. The van der Waals surface area contributed by atoms with Crippen molar-refractivity contribution in [1.29, 1.82) is 0 Å². The summed E-state index contributed by atoms with van der Waals surface area (Å²) in [6, 6.07) is 6.20. The quantitative estimate of drug-likeness (QED) is 0.854. The van der Waals surface area contributed by atoms with E-state index in [1.54, 1.807) is 10.6 Å². The van der Waals surface area contributed by atoms with Gasteiger partial charge in [-0.1, -0.05) is 12.1 Å². The van der Waals surface area contributed by atoms with Crippen molar-refractivity contribution in [3.8, 4) is 0 Å². The van der Waals surface area contributed by atoms with Crippen LogP contribution >= 0.6 is 0 Å². The Kier molecular flexibility index (Phi) is 2.09. The van der Waals surface area contributed by atoms with Gasteiger partial charge in [0.2, 0.25) is 0 Å². The summed E-state index contributed by atoms with van der Waals surface area (Å²) in [6.07, 6.45) is 2.66. The van der Waals surface area contributed by atoms with Crippen LogP contribution in [0.25, 0.3) is 0 Å². The fourth-order valence-corrected chi connectivity index (χ4v) is 4.47. The van der Waals surface area contributed by atoms with Gasteiger partial charge in [-0.25, -0.2) is 18.3 Å². The number of aryl methyl sites for hydroxylation is 1. The summed E-state index contributed by atoms with van der Waals surface area (Å²) in [4.78, 5) is 12.7. The van der Waals surface area contributed by atoms with Crippen molar-refractivity contribution in [3.05, 3.63) is 52.0 Å². The van der Waals surface area contributed by atoms with Gasteiger partial charge in [-0.3, -0.25) is 4.57 Å². The number of benzene rings is 1. The topological polar surface area (TPSA) is 39.8 Å². The van der Waals surface area contributed by atoms with Gasteiger partial charge in [-0.15, -0.1) is 0 Å². The van der Waals surface area contributed by atoms with Crippen LogP contribution in [-0.2, 0) is 12.0 Å². The Hall–Kier alpha value is -1.98. The first-order chi connectivity index (χ1) is 10.5. The molecule has 0 spiro atoms. The van der Waals surface area contributed by atoms with E-state index in [0.29, 0.717) is 25.7 Å². The molecule has 3 saturated carbocycles. The zero-order valence-corrected chi connectivity index (χ0v) is 11.9. The molecule has 6 heteroatoms. The minimum atomic E-state index is -1.06. The Labute approximate surface area is 125 Å². The van der Waals surface area contributed by atoms with E-state index in [2.05, 4.69) is 5.10 Å². The van der Waals surface area contributed by atoms with Crippen LogP contribution in [0.1, 0.15) is 43.1 Å². The van der Waals surface area contributed by atoms with Crippen LogP contribution in [0.2, 0.25) is 0 Å². The van der Waals surface area contributed by atoms with Gasteiger partial charge >= 0.3 is 5.69 Å². The molecule has 0 radical (unpaired) electrons. The molecule has 4 nitrogen and oxygen atoms in total.